The van der Waals surface area contributed by atoms with Crippen LogP contribution in [0.15, 0.2) is 22.6 Å². The second kappa shape index (κ2) is 5.95. The Kier molecular flexibility index (Phi) is 4.03. The lowest BCUT2D eigenvalue weighted by Gasteiger charge is -2.20. The van der Waals surface area contributed by atoms with Crippen molar-refractivity contribution in [3.8, 4) is 0 Å². The third-order valence-corrected chi connectivity index (χ3v) is 4.76. The zero-order valence-corrected chi connectivity index (χ0v) is 12.5. The van der Waals surface area contributed by atoms with Crippen molar-refractivity contribution in [2.24, 2.45) is 5.73 Å². The van der Waals surface area contributed by atoms with Crippen molar-refractivity contribution in [3.63, 3.8) is 0 Å². The molecule has 21 heavy (non-hydrogen) atoms. The second-order valence-electron chi connectivity index (χ2n) is 5.38. The standard InChI is InChI=1S/C14H18N4O2S/c15-10-2-1-5-17(6-3-10)12(19)8-18-9-16-11-4-7-21-13(11)14(18)20/h4,7,9-10H,1-3,5-6,8,15H2/t10-/m0/s1. The summed E-state index contributed by atoms with van der Waals surface area (Å²) in [5.74, 6) is -0.0380. The number of hydrogen-bond donors (Lipinski definition) is 1. The van der Waals surface area contributed by atoms with Gasteiger partial charge in [0.15, 0.2) is 0 Å². The van der Waals surface area contributed by atoms with Crippen LogP contribution in [-0.2, 0) is 11.3 Å². The summed E-state index contributed by atoms with van der Waals surface area (Å²) in [4.78, 5) is 30.6. The minimum absolute atomic E-state index is 0.0380. The number of nitrogens with two attached hydrogens (primary N) is 1. The quantitative estimate of drug-likeness (QED) is 0.890. The molecule has 3 rings (SSSR count). The zero-order chi connectivity index (χ0) is 14.8. The van der Waals surface area contributed by atoms with Crippen molar-refractivity contribution in [3.05, 3.63) is 28.1 Å². The van der Waals surface area contributed by atoms with Crippen LogP contribution in [0.5, 0.6) is 0 Å². The molecule has 3 heterocycles. The maximum absolute atomic E-state index is 12.4. The molecule has 2 aromatic rings. The van der Waals surface area contributed by atoms with Crippen LogP contribution >= 0.6 is 11.3 Å². The van der Waals surface area contributed by atoms with Crippen LogP contribution in [-0.4, -0.2) is 39.5 Å². The molecule has 112 valence electrons. The van der Waals surface area contributed by atoms with E-state index in [1.54, 1.807) is 4.90 Å². The van der Waals surface area contributed by atoms with Gasteiger partial charge in [-0.3, -0.25) is 14.2 Å². The molecule has 1 fully saturated rings. The predicted octanol–water partition coefficient (Wildman–Crippen LogP) is 0.798. The normalized spacial score (nSPS) is 19.7. The first kappa shape index (κ1) is 14.2. The molecule has 1 saturated heterocycles. The Labute approximate surface area is 126 Å². The number of aromatic nitrogens is 2. The highest BCUT2D eigenvalue weighted by atomic mass is 32.1. The lowest BCUT2D eigenvalue weighted by molar-refractivity contribution is -0.131. The van der Waals surface area contributed by atoms with Gasteiger partial charge < -0.3 is 10.6 Å². The molecule has 1 atom stereocenters. The highest BCUT2D eigenvalue weighted by Gasteiger charge is 2.19. The third-order valence-electron chi connectivity index (χ3n) is 3.87. The van der Waals surface area contributed by atoms with Crippen molar-refractivity contribution in [1.82, 2.24) is 14.5 Å². The molecule has 0 aromatic carbocycles. The highest BCUT2D eigenvalue weighted by molar-refractivity contribution is 7.17. The smallest absolute Gasteiger partial charge is 0.271 e. The van der Waals surface area contributed by atoms with Gasteiger partial charge in [-0.25, -0.2) is 4.98 Å². The van der Waals surface area contributed by atoms with Crippen LogP contribution in [0.4, 0.5) is 0 Å². The number of rotatable bonds is 2. The second-order valence-corrected chi connectivity index (χ2v) is 6.30. The van der Waals surface area contributed by atoms with E-state index in [1.165, 1.54) is 22.2 Å². The monoisotopic (exact) mass is 306 g/mol. The van der Waals surface area contributed by atoms with Gasteiger partial charge in [-0.15, -0.1) is 11.3 Å². The van der Waals surface area contributed by atoms with E-state index in [0.29, 0.717) is 16.8 Å². The van der Waals surface area contributed by atoms with E-state index in [1.807, 2.05) is 11.4 Å². The summed E-state index contributed by atoms with van der Waals surface area (Å²) < 4.78 is 2.00. The number of thiophene rings is 1. The van der Waals surface area contributed by atoms with Gasteiger partial charge in [-0.2, -0.15) is 0 Å². The molecule has 0 radical (unpaired) electrons. The van der Waals surface area contributed by atoms with Crippen molar-refractivity contribution >= 4 is 27.5 Å². The lowest BCUT2D eigenvalue weighted by Crippen LogP contribution is -2.37. The molecular formula is C14H18N4O2S. The lowest BCUT2D eigenvalue weighted by atomic mass is 10.1. The maximum Gasteiger partial charge on any atom is 0.271 e. The van der Waals surface area contributed by atoms with E-state index < -0.39 is 0 Å². The van der Waals surface area contributed by atoms with E-state index in [2.05, 4.69) is 4.98 Å². The average molecular weight is 306 g/mol. The first-order valence-electron chi connectivity index (χ1n) is 7.11. The molecule has 1 aliphatic rings. The molecule has 0 aliphatic carbocycles. The summed E-state index contributed by atoms with van der Waals surface area (Å²) in [6, 6.07) is 1.98. The van der Waals surface area contributed by atoms with Gasteiger partial charge in [-0.1, -0.05) is 0 Å². The molecule has 2 aromatic heterocycles. The summed E-state index contributed by atoms with van der Waals surface area (Å²) in [7, 11) is 0. The van der Waals surface area contributed by atoms with E-state index in [0.717, 1.165) is 25.8 Å². The summed E-state index contributed by atoms with van der Waals surface area (Å²) >= 11 is 1.36. The van der Waals surface area contributed by atoms with Gasteiger partial charge in [0.25, 0.3) is 5.56 Å². The zero-order valence-electron chi connectivity index (χ0n) is 11.7. The topological polar surface area (TPSA) is 81.2 Å². The van der Waals surface area contributed by atoms with Gasteiger partial charge >= 0.3 is 0 Å². The minimum Gasteiger partial charge on any atom is -0.341 e. The van der Waals surface area contributed by atoms with Crippen molar-refractivity contribution in [1.29, 1.82) is 0 Å². The van der Waals surface area contributed by atoms with Crippen LogP contribution in [0.25, 0.3) is 10.2 Å². The number of hydrogen-bond acceptors (Lipinski definition) is 5. The Hall–Kier alpha value is -1.73. The third kappa shape index (κ3) is 2.98. The van der Waals surface area contributed by atoms with Crippen LogP contribution in [0.3, 0.4) is 0 Å². The molecule has 2 N–H and O–H groups in total. The van der Waals surface area contributed by atoms with Gasteiger partial charge in [0, 0.05) is 19.1 Å². The van der Waals surface area contributed by atoms with Crippen LogP contribution in [0, 0.1) is 0 Å². The van der Waals surface area contributed by atoms with E-state index in [4.69, 9.17) is 5.73 Å². The van der Waals surface area contributed by atoms with Crippen molar-refractivity contribution in [2.75, 3.05) is 13.1 Å². The predicted molar refractivity (Wildman–Crippen MR) is 82.3 cm³/mol. The van der Waals surface area contributed by atoms with Gasteiger partial charge in [0.05, 0.1) is 11.8 Å². The number of likely N-dealkylation sites (tertiary alicyclic amines) is 1. The Morgan fingerprint density at radius 1 is 1.43 bits per heavy atom. The molecule has 6 nitrogen and oxygen atoms in total. The Morgan fingerprint density at radius 3 is 3.14 bits per heavy atom. The number of nitrogens with zero attached hydrogens (tertiary/aromatic N) is 3. The summed E-state index contributed by atoms with van der Waals surface area (Å²) in [6.07, 6.45) is 4.15. The van der Waals surface area contributed by atoms with Crippen molar-refractivity contribution in [2.45, 2.75) is 31.8 Å². The number of carbonyl (C=O) groups excluding carboxylic acids is 1. The first-order valence-corrected chi connectivity index (χ1v) is 7.99. The molecule has 0 saturated carbocycles. The Morgan fingerprint density at radius 2 is 2.29 bits per heavy atom. The fraction of sp³-hybridized carbons (Fsp3) is 0.500. The molecular weight excluding hydrogens is 288 g/mol. The summed E-state index contributed by atoms with van der Waals surface area (Å²) in [5, 5.41) is 1.83. The maximum atomic E-state index is 12.4. The molecule has 1 aliphatic heterocycles. The Balaban J connectivity index is 1.76. The summed E-state index contributed by atoms with van der Waals surface area (Å²) in [5.41, 5.74) is 6.47. The summed E-state index contributed by atoms with van der Waals surface area (Å²) in [6.45, 7) is 1.44. The molecule has 0 spiro atoms. The van der Waals surface area contributed by atoms with Crippen LogP contribution in [0.2, 0.25) is 0 Å². The minimum atomic E-state index is -0.144. The molecule has 1 amide bonds. The average Bonchev–Trinajstić information content (AvgIpc) is 2.84. The van der Waals surface area contributed by atoms with Gasteiger partial charge in [0.1, 0.15) is 11.2 Å². The van der Waals surface area contributed by atoms with Crippen LogP contribution in [0.1, 0.15) is 19.3 Å². The van der Waals surface area contributed by atoms with Gasteiger partial charge in [0.2, 0.25) is 5.91 Å². The van der Waals surface area contributed by atoms with Gasteiger partial charge in [-0.05, 0) is 30.7 Å². The Bertz CT molecular complexity index is 708. The highest BCUT2D eigenvalue weighted by Crippen LogP contribution is 2.13. The number of amides is 1. The molecule has 7 heteroatoms. The van der Waals surface area contributed by atoms with E-state index in [-0.39, 0.29) is 24.1 Å². The number of fused-ring (bicyclic) bond motifs is 1. The largest absolute Gasteiger partial charge is 0.341 e. The SMILES string of the molecule is N[C@H]1CCCN(C(=O)Cn2cnc3ccsc3c2=O)CC1. The van der Waals surface area contributed by atoms with E-state index in [9.17, 15) is 9.59 Å². The first-order chi connectivity index (χ1) is 10.1. The van der Waals surface area contributed by atoms with Crippen molar-refractivity contribution < 1.29 is 4.79 Å². The van der Waals surface area contributed by atoms with Crippen LogP contribution < -0.4 is 11.3 Å². The van der Waals surface area contributed by atoms with E-state index >= 15 is 0 Å². The number of carbonyl (C=O) groups is 1. The fourth-order valence-electron chi connectivity index (χ4n) is 2.61. The molecule has 0 bridgehead atoms. The fourth-order valence-corrected chi connectivity index (χ4v) is 3.40. The molecule has 0 unspecified atom stereocenters.